The zero-order valence-electron chi connectivity index (χ0n) is 12.7. The molecule has 1 aromatic rings. The van der Waals surface area contributed by atoms with Gasteiger partial charge in [-0.15, -0.1) is 0 Å². The van der Waals surface area contributed by atoms with Crippen molar-refractivity contribution < 1.29 is 4.79 Å². The van der Waals surface area contributed by atoms with Gasteiger partial charge in [-0.05, 0) is 43.7 Å². The normalized spacial score (nSPS) is 11.1. The van der Waals surface area contributed by atoms with E-state index in [4.69, 9.17) is 0 Å². The molecule has 0 saturated heterocycles. The molecule has 0 aliphatic carbocycles. The number of hydrogen-bond donors (Lipinski definition) is 1. The topological polar surface area (TPSA) is 29.1 Å². The van der Waals surface area contributed by atoms with Crippen LogP contribution in [0.4, 0.5) is 0 Å². The molecule has 0 aliphatic rings. The number of allylic oxidation sites excluding steroid dienone is 2. The van der Waals surface area contributed by atoms with E-state index in [1.807, 2.05) is 0 Å². The number of thioether (sulfide) groups is 1. The summed E-state index contributed by atoms with van der Waals surface area (Å²) in [4.78, 5) is 11.6. The van der Waals surface area contributed by atoms with Crippen LogP contribution in [-0.4, -0.2) is 6.41 Å². The van der Waals surface area contributed by atoms with E-state index in [0.29, 0.717) is 6.54 Å². The van der Waals surface area contributed by atoms with Gasteiger partial charge in [-0.2, -0.15) is 0 Å². The van der Waals surface area contributed by atoms with Crippen LogP contribution in [0.25, 0.3) is 4.91 Å². The van der Waals surface area contributed by atoms with Crippen molar-refractivity contribution in [2.45, 2.75) is 40.7 Å². The van der Waals surface area contributed by atoms with Crippen LogP contribution in [0, 0.1) is 0 Å². The van der Waals surface area contributed by atoms with Gasteiger partial charge in [0.05, 0.1) is 0 Å². The molecular formula is C17H23NOS. The number of carbonyl (C=O) groups is 1. The van der Waals surface area contributed by atoms with E-state index in [-0.39, 0.29) is 0 Å². The quantitative estimate of drug-likeness (QED) is 0.735. The van der Waals surface area contributed by atoms with Crippen molar-refractivity contribution in [1.29, 1.82) is 0 Å². The van der Waals surface area contributed by atoms with E-state index in [9.17, 15) is 4.79 Å². The second-order valence-electron chi connectivity index (χ2n) is 4.96. The lowest BCUT2D eigenvalue weighted by molar-refractivity contribution is -0.109. The summed E-state index contributed by atoms with van der Waals surface area (Å²) in [6, 6.07) is 8.36. The number of amides is 1. The van der Waals surface area contributed by atoms with Gasteiger partial charge in [0, 0.05) is 11.4 Å². The Kier molecular flexibility index (Phi) is 7.16. The summed E-state index contributed by atoms with van der Waals surface area (Å²) in [5.74, 6) is 0. The Labute approximate surface area is 126 Å². The molecule has 0 atom stereocenters. The molecule has 1 rings (SSSR count). The Hall–Kier alpha value is -1.48. The summed E-state index contributed by atoms with van der Waals surface area (Å²) >= 11 is 1.78. The molecule has 108 valence electrons. The van der Waals surface area contributed by atoms with Gasteiger partial charge in [0.1, 0.15) is 0 Å². The van der Waals surface area contributed by atoms with Gasteiger partial charge >= 0.3 is 0 Å². The van der Waals surface area contributed by atoms with Gasteiger partial charge < -0.3 is 5.32 Å². The molecule has 2 nitrogen and oxygen atoms in total. The van der Waals surface area contributed by atoms with Crippen LogP contribution in [0.15, 0.2) is 40.8 Å². The molecule has 0 spiro atoms. The lowest BCUT2D eigenvalue weighted by atomic mass is 10.1. The number of nitrogens with one attached hydrogen (secondary N) is 1. The van der Waals surface area contributed by atoms with Gasteiger partial charge in [0.15, 0.2) is 0 Å². The largest absolute Gasteiger partial charge is 0.355 e. The fourth-order valence-electron chi connectivity index (χ4n) is 1.65. The van der Waals surface area contributed by atoms with Crippen molar-refractivity contribution in [3.8, 4) is 0 Å². The van der Waals surface area contributed by atoms with Crippen molar-refractivity contribution in [2.24, 2.45) is 0 Å². The smallest absolute Gasteiger partial charge is 0.207 e. The van der Waals surface area contributed by atoms with E-state index in [1.54, 1.807) is 11.8 Å². The van der Waals surface area contributed by atoms with Gasteiger partial charge in [-0.1, -0.05) is 54.1 Å². The highest BCUT2D eigenvalue weighted by atomic mass is 32.2. The lowest BCUT2D eigenvalue weighted by Crippen LogP contribution is -2.09. The van der Waals surface area contributed by atoms with Crippen LogP contribution < -0.4 is 5.32 Å². The van der Waals surface area contributed by atoms with Gasteiger partial charge in [0.2, 0.25) is 6.41 Å². The van der Waals surface area contributed by atoms with Crippen molar-refractivity contribution in [3.63, 3.8) is 0 Å². The van der Waals surface area contributed by atoms with Crippen LogP contribution in [0.1, 0.15) is 45.2 Å². The third-order valence-electron chi connectivity index (χ3n) is 3.00. The maximum atomic E-state index is 10.3. The number of rotatable bonds is 7. The molecule has 0 aliphatic heterocycles. The van der Waals surface area contributed by atoms with Gasteiger partial charge in [-0.25, -0.2) is 0 Å². The fourth-order valence-corrected chi connectivity index (χ4v) is 2.64. The van der Waals surface area contributed by atoms with Crippen LogP contribution in [0.5, 0.6) is 0 Å². The summed E-state index contributed by atoms with van der Waals surface area (Å²) in [5, 5.41) is 4.90. The summed E-state index contributed by atoms with van der Waals surface area (Å²) < 4.78 is 0. The maximum Gasteiger partial charge on any atom is 0.207 e. The van der Waals surface area contributed by atoms with Gasteiger partial charge in [-0.3, -0.25) is 4.79 Å². The predicted octanol–water partition coefficient (Wildman–Crippen LogP) is 4.73. The number of hydrogen-bond acceptors (Lipinski definition) is 2. The highest BCUT2D eigenvalue weighted by Crippen LogP contribution is 2.32. The lowest BCUT2D eigenvalue weighted by Gasteiger charge is -2.09. The molecule has 20 heavy (non-hydrogen) atoms. The SMILES string of the molecule is CC/C(C)=C/SC(=C(C)C)c1ccc(CNC=O)cc1. The molecule has 0 aromatic heterocycles. The first-order valence-electron chi connectivity index (χ1n) is 6.84. The van der Waals surface area contributed by atoms with Crippen LogP contribution >= 0.6 is 11.8 Å². The zero-order chi connectivity index (χ0) is 15.0. The molecule has 1 N–H and O–H groups in total. The van der Waals surface area contributed by atoms with E-state index in [1.165, 1.54) is 21.6 Å². The maximum absolute atomic E-state index is 10.3. The Morgan fingerprint density at radius 1 is 1.20 bits per heavy atom. The monoisotopic (exact) mass is 289 g/mol. The molecule has 0 bridgehead atoms. The average Bonchev–Trinajstić information content (AvgIpc) is 2.45. The van der Waals surface area contributed by atoms with Crippen LogP contribution in [0.2, 0.25) is 0 Å². The molecule has 3 heteroatoms. The molecule has 0 unspecified atom stereocenters. The van der Waals surface area contributed by atoms with E-state index in [0.717, 1.165) is 18.4 Å². The number of carbonyl (C=O) groups excluding carboxylic acids is 1. The highest BCUT2D eigenvalue weighted by molar-refractivity contribution is 8.11. The fraction of sp³-hybridized carbons (Fsp3) is 0.353. The van der Waals surface area contributed by atoms with Crippen molar-refractivity contribution in [3.05, 3.63) is 51.9 Å². The van der Waals surface area contributed by atoms with Crippen LogP contribution in [0.3, 0.4) is 0 Å². The predicted molar refractivity (Wildman–Crippen MR) is 89.3 cm³/mol. The standard InChI is InChI=1S/C17H23NOS/c1-5-14(4)11-20-17(13(2)3)16-8-6-15(7-9-16)10-18-12-19/h6-9,11-12H,5,10H2,1-4H3,(H,18,19)/b14-11+. The number of benzene rings is 1. The second kappa shape index (κ2) is 8.64. The van der Waals surface area contributed by atoms with E-state index < -0.39 is 0 Å². The van der Waals surface area contributed by atoms with Crippen molar-refractivity contribution in [1.82, 2.24) is 5.32 Å². The first-order valence-corrected chi connectivity index (χ1v) is 7.72. The second-order valence-corrected chi connectivity index (χ2v) is 5.84. The summed E-state index contributed by atoms with van der Waals surface area (Å²) in [7, 11) is 0. The molecule has 0 radical (unpaired) electrons. The Balaban J connectivity index is 2.88. The minimum Gasteiger partial charge on any atom is -0.355 e. The highest BCUT2D eigenvalue weighted by Gasteiger charge is 2.04. The minimum atomic E-state index is 0.579. The summed E-state index contributed by atoms with van der Waals surface area (Å²) in [6.07, 6.45) is 1.81. The molecule has 0 heterocycles. The summed E-state index contributed by atoms with van der Waals surface area (Å²) in [6.45, 7) is 9.18. The van der Waals surface area contributed by atoms with Crippen molar-refractivity contribution in [2.75, 3.05) is 0 Å². The van der Waals surface area contributed by atoms with Gasteiger partial charge in [0.25, 0.3) is 0 Å². The Morgan fingerprint density at radius 3 is 2.35 bits per heavy atom. The molecule has 0 saturated carbocycles. The molecular weight excluding hydrogens is 266 g/mol. The molecule has 0 fully saturated rings. The Morgan fingerprint density at radius 2 is 1.85 bits per heavy atom. The van der Waals surface area contributed by atoms with Crippen LogP contribution in [-0.2, 0) is 11.3 Å². The third kappa shape index (κ3) is 5.25. The summed E-state index contributed by atoms with van der Waals surface area (Å²) in [5.41, 5.74) is 5.04. The third-order valence-corrected chi connectivity index (χ3v) is 4.40. The Bertz CT molecular complexity index is 496. The first kappa shape index (κ1) is 16.6. The molecule has 1 aromatic carbocycles. The zero-order valence-corrected chi connectivity index (χ0v) is 13.5. The van der Waals surface area contributed by atoms with Crippen molar-refractivity contribution >= 4 is 23.1 Å². The first-order chi connectivity index (χ1) is 9.58. The average molecular weight is 289 g/mol. The minimum absolute atomic E-state index is 0.579. The molecule has 1 amide bonds. The van der Waals surface area contributed by atoms with E-state index >= 15 is 0 Å². The van der Waals surface area contributed by atoms with E-state index in [2.05, 4.69) is 62.7 Å².